The molecular formula is C23H26N2O4. The van der Waals surface area contributed by atoms with E-state index in [1.165, 1.54) is 5.69 Å². The number of Topliss-reactive ketones (excluding diaryl/α,β-unsaturated/α-hetero) is 1. The second-order valence-electron chi connectivity index (χ2n) is 6.92. The van der Waals surface area contributed by atoms with Crippen LogP contribution in [0.1, 0.15) is 18.4 Å². The van der Waals surface area contributed by atoms with Gasteiger partial charge in [-0.2, -0.15) is 5.26 Å². The lowest BCUT2D eigenvalue weighted by Crippen LogP contribution is -2.09. The summed E-state index contributed by atoms with van der Waals surface area (Å²) in [5, 5.41) is 20.2. The van der Waals surface area contributed by atoms with Crippen molar-refractivity contribution in [3.63, 3.8) is 0 Å². The molecule has 2 aromatic carbocycles. The number of allylic oxidation sites excluding steroid dienone is 1. The summed E-state index contributed by atoms with van der Waals surface area (Å²) in [6, 6.07) is 14.3. The molecule has 0 atom stereocenters. The van der Waals surface area contributed by atoms with Crippen LogP contribution in [0, 0.1) is 11.3 Å². The van der Waals surface area contributed by atoms with E-state index < -0.39 is 0 Å². The number of anilines is 1. The van der Waals surface area contributed by atoms with Crippen LogP contribution < -0.4 is 4.90 Å². The fourth-order valence-corrected chi connectivity index (χ4v) is 3.04. The third kappa shape index (κ3) is 6.40. The molecule has 0 bridgehead atoms. The van der Waals surface area contributed by atoms with Crippen LogP contribution >= 0.6 is 0 Å². The fourth-order valence-electron chi connectivity index (χ4n) is 3.04. The van der Waals surface area contributed by atoms with E-state index in [2.05, 4.69) is 23.1 Å². The van der Waals surface area contributed by atoms with Gasteiger partial charge in [-0.25, -0.2) is 0 Å². The van der Waals surface area contributed by atoms with Crippen LogP contribution in [-0.4, -0.2) is 57.0 Å². The molecule has 1 N–H and O–H groups in total. The van der Waals surface area contributed by atoms with Crippen molar-refractivity contribution in [3.05, 3.63) is 47.5 Å². The molecule has 2 aromatic rings. The van der Waals surface area contributed by atoms with Crippen molar-refractivity contribution in [2.45, 2.75) is 12.8 Å². The maximum Gasteiger partial charge on any atom is 0.173 e. The van der Waals surface area contributed by atoms with Crippen molar-refractivity contribution < 1.29 is 19.4 Å². The Bertz CT molecular complexity index is 913. The van der Waals surface area contributed by atoms with Gasteiger partial charge in [0, 0.05) is 31.8 Å². The van der Waals surface area contributed by atoms with Crippen molar-refractivity contribution in [1.29, 1.82) is 5.26 Å². The van der Waals surface area contributed by atoms with Gasteiger partial charge in [-0.15, -0.1) is 0 Å². The number of carbonyl (C=O) groups is 1. The maximum atomic E-state index is 12.3. The summed E-state index contributed by atoms with van der Waals surface area (Å²) in [7, 11) is 0. The lowest BCUT2D eigenvalue weighted by molar-refractivity contribution is -0.115. The molecule has 1 aliphatic heterocycles. The molecule has 152 valence electrons. The summed E-state index contributed by atoms with van der Waals surface area (Å²) >= 11 is 0. The van der Waals surface area contributed by atoms with E-state index >= 15 is 0 Å². The molecule has 1 aliphatic rings. The number of aliphatic hydroxyl groups excluding tert-OH is 1. The lowest BCUT2D eigenvalue weighted by atomic mass is 10.0. The Morgan fingerprint density at radius 2 is 1.79 bits per heavy atom. The molecule has 1 heterocycles. The highest BCUT2D eigenvalue weighted by Gasteiger charge is 2.17. The summed E-state index contributed by atoms with van der Waals surface area (Å²) in [4.78, 5) is 14.6. The molecule has 0 radical (unpaired) electrons. The Hall–Kier alpha value is -2.72. The third-order valence-corrected chi connectivity index (χ3v) is 4.69. The Morgan fingerprint density at radius 3 is 2.52 bits per heavy atom. The zero-order valence-corrected chi connectivity index (χ0v) is 16.5. The van der Waals surface area contributed by atoms with Crippen LogP contribution in [0.25, 0.3) is 16.8 Å². The molecule has 0 unspecified atom stereocenters. The van der Waals surface area contributed by atoms with Crippen molar-refractivity contribution >= 4 is 28.3 Å². The van der Waals surface area contributed by atoms with Crippen LogP contribution in [-0.2, 0) is 14.3 Å². The number of nitrogens with zero attached hydrogens (tertiary/aromatic N) is 2. The van der Waals surface area contributed by atoms with Crippen LogP contribution in [0.15, 0.2) is 42.0 Å². The van der Waals surface area contributed by atoms with Gasteiger partial charge in [-0.05, 0) is 47.0 Å². The highest BCUT2D eigenvalue weighted by atomic mass is 16.5. The van der Waals surface area contributed by atoms with Crippen LogP contribution in [0.5, 0.6) is 0 Å². The summed E-state index contributed by atoms with van der Waals surface area (Å²) in [6.07, 6.45) is 2.47. The highest BCUT2D eigenvalue weighted by Crippen LogP contribution is 2.27. The molecule has 6 heteroatoms. The zero-order valence-electron chi connectivity index (χ0n) is 16.5. The predicted octanol–water partition coefficient (Wildman–Crippen LogP) is 2.94. The van der Waals surface area contributed by atoms with Gasteiger partial charge in [0.1, 0.15) is 6.07 Å². The first kappa shape index (κ1) is 21.0. The van der Waals surface area contributed by atoms with E-state index in [1.54, 1.807) is 6.08 Å². The fraction of sp³-hybridized carbons (Fsp3) is 0.391. The number of fused-ring (bicyclic) bond motifs is 1. The Morgan fingerprint density at radius 1 is 1.07 bits per heavy atom. The average Bonchev–Trinajstić information content (AvgIpc) is 3.58. The molecule has 1 fully saturated rings. The van der Waals surface area contributed by atoms with E-state index in [9.17, 15) is 10.1 Å². The molecule has 6 nitrogen and oxygen atoms in total. The van der Waals surface area contributed by atoms with E-state index in [0.717, 1.165) is 29.4 Å². The number of hydrogen-bond donors (Lipinski definition) is 1. The van der Waals surface area contributed by atoms with Gasteiger partial charge >= 0.3 is 0 Å². The Kier molecular flexibility index (Phi) is 7.77. The monoisotopic (exact) mass is 394 g/mol. The van der Waals surface area contributed by atoms with Crippen LogP contribution in [0.2, 0.25) is 0 Å². The van der Waals surface area contributed by atoms with Gasteiger partial charge < -0.3 is 19.5 Å². The smallest absolute Gasteiger partial charge is 0.173 e. The highest BCUT2D eigenvalue weighted by molar-refractivity contribution is 6.03. The Labute approximate surface area is 170 Å². The van der Waals surface area contributed by atoms with Crippen molar-refractivity contribution in [2.75, 3.05) is 51.0 Å². The van der Waals surface area contributed by atoms with Crippen molar-refractivity contribution in [2.24, 2.45) is 0 Å². The number of ether oxygens (including phenoxy) is 2. The number of hydrogen-bond acceptors (Lipinski definition) is 6. The molecule has 29 heavy (non-hydrogen) atoms. The van der Waals surface area contributed by atoms with Gasteiger partial charge in [-0.1, -0.05) is 18.2 Å². The second-order valence-corrected chi connectivity index (χ2v) is 6.92. The van der Waals surface area contributed by atoms with Gasteiger partial charge in [0.2, 0.25) is 0 Å². The van der Waals surface area contributed by atoms with E-state index in [-0.39, 0.29) is 24.4 Å². The number of benzene rings is 2. The minimum absolute atomic E-state index is 0.00534. The van der Waals surface area contributed by atoms with Gasteiger partial charge in [0.25, 0.3) is 0 Å². The van der Waals surface area contributed by atoms with E-state index in [4.69, 9.17) is 14.6 Å². The number of carbonyl (C=O) groups excluding carboxylic acids is 1. The molecule has 0 aromatic heterocycles. The first-order valence-corrected chi connectivity index (χ1v) is 9.91. The Balaban J connectivity index is 1.52. The first-order valence-electron chi connectivity index (χ1n) is 9.91. The topological polar surface area (TPSA) is 82.6 Å². The van der Waals surface area contributed by atoms with E-state index in [1.807, 2.05) is 24.3 Å². The number of rotatable bonds is 12. The standard InChI is InChI=1S/C23H26N2O4/c24-17-21(23(27)2-1-10-28-12-13-29-11-9-26)15-18-3-4-20-16-22(25-7-8-25)6-5-19(20)14-18/h3-6,14-16,26H,1-2,7-13H2/b21-15+. The summed E-state index contributed by atoms with van der Waals surface area (Å²) in [6.45, 7) is 3.79. The van der Waals surface area contributed by atoms with E-state index in [0.29, 0.717) is 32.8 Å². The van der Waals surface area contributed by atoms with Crippen LogP contribution in [0.4, 0.5) is 5.69 Å². The van der Waals surface area contributed by atoms with Gasteiger partial charge in [0.05, 0.1) is 32.0 Å². The molecule has 0 amide bonds. The predicted molar refractivity (Wildman–Crippen MR) is 113 cm³/mol. The maximum absolute atomic E-state index is 12.3. The van der Waals surface area contributed by atoms with Crippen molar-refractivity contribution in [1.82, 2.24) is 0 Å². The summed E-state index contributed by atoms with van der Waals surface area (Å²) < 4.78 is 10.5. The molecular weight excluding hydrogens is 368 g/mol. The van der Waals surface area contributed by atoms with Crippen LogP contribution in [0.3, 0.4) is 0 Å². The number of aliphatic hydroxyl groups is 1. The zero-order chi connectivity index (χ0) is 20.5. The third-order valence-electron chi connectivity index (χ3n) is 4.69. The van der Waals surface area contributed by atoms with Crippen molar-refractivity contribution in [3.8, 4) is 6.07 Å². The average molecular weight is 394 g/mol. The molecule has 0 aliphatic carbocycles. The molecule has 3 rings (SSSR count). The SMILES string of the molecule is N#C/C(=C\c1ccc2cc(N3CC3)ccc2c1)C(=O)CCCOCCOCCO. The quantitative estimate of drug-likeness (QED) is 0.258. The largest absolute Gasteiger partial charge is 0.394 e. The summed E-state index contributed by atoms with van der Waals surface area (Å²) in [5.74, 6) is -0.176. The second kappa shape index (κ2) is 10.7. The van der Waals surface area contributed by atoms with Gasteiger partial charge in [0.15, 0.2) is 5.78 Å². The number of nitriles is 1. The lowest BCUT2D eigenvalue weighted by Gasteiger charge is -2.06. The normalized spacial score (nSPS) is 13.5. The summed E-state index contributed by atoms with van der Waals surface area (Å²) in [5.41, 5.74) is 2.24. The minimum Gasteiger partial charge on any atom is -0.394 e. The molecule has 1 saturated heterocycles. The molecule has 0 spiro atoms. The minimum atomic E-state index is -0.176. The number of ketones is 1. The van der Waals surface area contributed by atoms with Gasteiger partial charge in [-0.3, -0.25) is 4.79 Å². The molecule has 0 saturated carbocycles. The first-order chi connectivity index (χ1) is 14.2.